The molecule has 190 valence electrons. The van der Waals surface area contributed by atoms with Crippen LogP contribution in [0.4, 0.5) is 0 Å². The molecule has 4 aromatic rings. The Bertz CT molecular complexity index is 1320. The molecule has 0 unspecified atom stereocenters. The Morgan fingerprint density at radius 1 is 0.649 bits per heavy atom. The van der Waals surface area contributed by atoms with Crippen molar-refractivity contribution < 1.29 is 4.79 Å². The lowest BCUT2D eigenvalue weighted by atomic mass is 9.92. The zero-order valence-corrected chi connectivity index (χ0v) is 23.8. The Balaban J connectivity index is 1.67. The topological polar surface area (TPSA) is 29.1 Å². The molecule has 0 aliphatic rings. The number of hydrogen-bond donors (Lipinski definition) is 1. The molecule has 0 radical (unpaired) electrons. The van der Waals surface area contributed by atoms with Crippen LogP contribution in [0.25, 0.3) is 33.4 Å². The van der Waals surface area contributed by atoms with Crippen LogP contribution in [0.15, 0.2) is 91.0 Å². The van der Waals surface area contributed by atoms with E-state index >= 15 is 0 Å². The van der Waals surface area contributed by atoms with Gasteiger partial charge in [0.05, 0.1) is 0 Å². The van der Waals surface area contributed by atoms with Gasteiger partial charge in [0, 0.05) is 17.4 Å². The summed E-state index contributed by atoms with van der Waals surface area (Å²) in [6.45, 7) is 9.46. The highest BCUT2D eigenvalue weighted by Crippen LogP contribution is 2.32. The van der Waals surface area contributed by atoms with E-state index in [4.69, 9.17) is 0 Å². The van der Waals surface area contributed by atoms with E-state index in [9.17, 15) is 4.79 Å². The predicted molar refractivity (Wildman–Crippen MR) is 162 cm³/mol. The van der Waals surface area contributed by atoms with Gasteiger partial charge >= 0.3 is 0 Å². The van der Waals surface area contributed by atoms with E-state index in [0.717, 1.165) is 34.0 Å². The van der Waals surface area contributed by atoms with Crippen LogP contribution in [0.2, 0.25) is 0 Å². The Hall–Kier alpha value is -3.17. The van der Waals surface area contributed by atoms with Crippen LogP contribution in [0.3, 0.4) is 0 Å². The Labute approximate surface area is 230 Å². The SMILES string of the molecule is CC(C)c1ccc(-c2ccc(-c3ccc(-c4ccc(C(C)C)cc4)cc3C(=O)NCCCBr)cc2)cc1. The van der Waals surface area contributed by atoms with Gasteiger partial charge in [0.15, 0.2) is 0 Å². The van der Waals surface area contributed by atoms with Gasteiger partial charge in [0.1, 0.15) is 0 Å². The molecule has 0 aliphatic carbocycles. The maximum Gasteiger partial charge on any atom is 0.251 e. The lowest BCUT2D eigenvalue weighted by molar-refractivity contribution is 0.0954. The lowest BCUT2D eigenvalue weighted by Gasteiger charge is -2.14. The molecule has 0 fully saturated rings. The predicted octanol–water partition coefficient (Wildman–Crippen LogP) is 9.45. The zero-order chi connectivity index (χ0) is 26.4. The maximum absolute atomic E-state index is 13.3. The van der Waals surface area contributed by atoms with Crippen molar-refractivity contribution in [3.63, 3.8) is 0 Å². The van der Waals surface area contributed by atoms with Crippen molar-refractivity contribution >= 4 is 21.8 Å². The molecule has 2 nitrogen and oxygen atoms in total. The van der Waals surface area contributed by atoms with Gasteiger partial charge in [-0.2, -0.15) is 0 Å². The first-order chi connectivity index (χ1) is 17.9. The number of nitrogens with one attached hydrogen (secondary N) is 1. The third kappa shape index (κ3) is 6.59. The first kappa shape index (κ1) is 26.9. The molecule has 0 spiro atoms. The van der Waals surface area contributed by atoms with Crippen molar-refractivity contribution in [2.24, 2.45) is 0 Å². The molecular weight excluding hydrogens is 518 g/mol. The second-order valence-electron chi connectivity index (χ2n) is 10.2. The zero-order valence-electron chi connectivity index (χ0n) is 22.2. The average Bonchev–Trinajstić information content (AvgIpc) is 2.93. The second kappa shape index (κ2) is 12.4. The van der Waals surface area contributed by atoms with Crippen molar-refractivity contribution in [1.82, 2.24) is 5.32 Å². The quantitative estimate of drug-likeness (QED) is 0.162. The van der Waals surface area contributed by atoms with Gasteiger partial charge < -0.3 is 5.32 Å². The number of hydrogen-bond acceptors (Lipinski definition) is 1. The van der Waals surface area contributed by atoms with E-state index in [1.54, 1.807) is 0 Å². The summed E-state index contributed by atoms with van der Waals surface area (Å²) in [5.74, 6) is 0.972. The molecule has 0 heterocycles. The van der Waals surface area contributed by atoms with Crippen LogP contribution < -0.4 is 5.32 Å². The molecule has 4 rings (SSSR count). The summed E-state index contributed by atoms with van der Waals surface area (Å²) in [5, 5.41) is 3.96. The van der Waals surface area contributed by atoms with Gasteiger partial charge in [-0.15, -0.1) is 0 Å². The number of alkyl halides is 1. The van der Waals surface area contributed by atoms with Crippen LogP contribution in [0, 0.1) is 0 Å². The fourth-order valence-electron chi connectivity index (χ4n) is 4.49. The highest BCUT2D eigenvalue weighted by Gasteiger charge is 2.15. The van der Waals surface area contributed by atoms with E-state index < -0.39 is 0 Å². The average molecular weight is 555 g/mol. The van der Waals surface area contributed by atoms with Crippen LogP contribution in [0.1, 0.15) is 67.4 Å². The number of carbonyl (C=O) groups is 1. The fourth-order valence-corrected chi connectivity index (χ4v) is 4.77. The van der Waals surface area contributed by atoms with Crippen LogP contribution in [0.5, 0.6) is 0 Å². The molecule has 37 heavy (non-hydrogen) atoms. The summed E-state index contributed by atoms with van der Waals surface area (Å²) in [7, 11) is 0. The molecule has 0 saturated heterocycles. The maximum atomic E-state index is 13.3. The molecule has 4 aromatic carbocycles. The molecular formula is C34H36BrNO. The molecule has 0 atom stereocenters. The second-order valence-corrected chi connectivity index (χ2v) is 11.0. The summed E-state index contributed by atoms with van der Waals surface area (Å²) in [4.78, 5) is 13.3. The molecule has 0 saturated carbocycles. The van der Waals surface area contributed by atoms with Crippen molar-refractivity contribution in [2.75, 3.05) is 11.9 Å². The first-order valence-corrected chi connectivity index (χ1v) is 14.3. The van der Waals surface area contributed by atoms with Crippen LogP contribution >= 0.6 is 15.9 Å². The number of amides is 1. The highest BCUT2D eigenvalue weighted by molar-refractivity contribution is 9.09. The minimum absolute atomic E-state index is 0.0371. The monoisotopic (exact) mass is 553 g/mol. The Morgan fingerprint density at radius 3 is 1.57 bits per heavy atom. The van der Waals surface area contributed by atoms with E-state index in [-0.39, 0.29) is 5.91 Å². The lowest BCUT2D eigenvalue weighted by Crippen LogP contribution is -2.25. The normalized spacial score (nSPS) is 11.2. The summed E-state index contributed by atoms with van der Waals surface area (Å²) in [6, 6.07) is 32.2. The van der Waals surface area contributed by atoms with Crippen molar-refractivity contribution in [3.8, 4) is 33.4 Å². The van der Waals surface area contributed by atoms with Gasteiger partial charge in [0.25, 0.3) is 5.91 Å². The summed E-state index contributed by atoms with van der Waals surface area (Å²) in [6.07, 6.45) is 0.891. The van der Waals surface area contributed by atoms with Crippen LogP contribution in [-0.2, 0) is 0 Å². The molecule has 0 aliphatic heterocycles. The molecule has 0 bridgehead atoms. The largest absolute Gasteiger partial charge is 0.352 e. The van der Waals surface area contributed by atoms with Crippen molar-refractivity contribution in [1.29, 1.82) is 0 Å². The highest BCUT2D eigenvalue weighted by atomic mass is 79.9. The summed E-state index contributed by atoms with van der Waals surface area (Å²) < 4.78 is 0. The van der Waals surface area contributed by atoms with Gasteiger partial charge in [-0.3, -0.25) is 4.79 Å². The van der Waals surface area contributed by atoms with Gasteiger partial charge in [-0.05, 0) is 68.8 Å². The Kier molecular flexibility index (Phi) is 9.00. The van der Waals surface area contributed by atoms with E-state index in [2.05, 4.69) is 134 Å². The van der Waals surface area contributed by atoms with Gasteiger partial charge in [0.2, 0.25) is 0 Å². The smallest absolute Gasteiger partial charge is 0.251 e. The minimum Gasteiger partial charge on any atom is -0.352 e. The number of carbonyl (C=O) groups excluding carboxylic acids is 1. The van der Waals surface area contributed by atoms with E-state index in [0.29, 0.717) is 23.9 Å². The van der Waals surface area contributed by atoms with Gasteiger partial charge in [-0.25, -0.2) is 0 Å². The molecule has 0 aromatic heterocycles. The fraction of sp³-hybridized carbons (Fsp3) is 0.265. The van der Waals surface area contributed by atoms with E-state index in [1.807, 2.05) is 6.07 Å². The Morgan fingerprint density at radius 2 is 1.08 bits per heavy atom. The number of benzene rings is 4. The first-order valence-electron chi connectivity index (χ1n) is 13.2. The number of halogens is 1. The third-order valence-corrected chi connectivity index (χ3v) is 7.44. The van der Waals surface area contributed by atoms with E-state index in [1.165, 1.54) is 22.3 Å². The van der Waals surface area contributed by atoms with Crippen molar-refractivity contribution in [3.05, 3.63) is 108 Å². The third-order valence-electron chi connectivity index (χ3n) is 6.88. The summed E-state index contributed by atoms with van der Waals surface area (Å²) in [5.41, 5.74) is 9.87. The van der Waals surface area contributed by atoms with Gasteiger partial charge in [-0.1, -0.05) is 129 Å². The number of rotatable bonds is 9. The molecule has 3 heteroatoms. The minimum atomic E-state index is -0.0371. The molecule has 1 amide bonds. The van der Waals surface area contributed by atoms with Crippen LogP contribution in [-0.4, -0.2) is 17.8 Å². The molecule has 1 N–H and O–H groups in total. The van der Waals surface area contributed by atoms with Crippen molar-refractivity contribution in [2.45, 2.75) is 46.0 Å². The summed E-state index contributed by atoms with van der Waals surface area (Å²) >= 11 is 3.45. The standard InChI is InChI=1S/C34H36BrNO/c1-23(2)25-6-10-27(11-7-25)28-14-16-30(17-15-28)32-19-18-31(22-33(32)34(37)36-21-5-20-35)29-12-8-26(9-13-29)24(3)4/h6-19,22-24H,5,20-21H2,1-4H3,(H,36,37).